The number of carbonyl (C=O) groups excluding carboxylic acids is 1. The number of benzene rings is 1. The van der Waals surface area contributed by atoms with Gasteiger partial charge in [-0.3, -0.25) is 9.78 Å². The quantitative estimate of drug-likeness (QED) is 0.771. The second kappa shape index (κ2) is 8.76. The minimum atomic E-state index is 0.160. The van der Waals surface area contributed by atoms with Gasteiger partial charge in [0, 0.05) is 43.1 Å². The van der Waals surface area contributed by atoms with E-state index in [2.05, 4.69) is 59.4 Å². The molecule has 0 bridgehead atoms. The van der Waals surface area contributed by atoms with Gasteiger partial charge in [-0.2, -0.15) is 0 Å². The topological polar surface area (TPSA) is 54.5 Å². The largest absolute Gasteiger partial charge is 0.372 e. The number of nitrogens with one attached hydrogen (secondary N) is 1. The third-order valence-corrected chi connectivity index (χ3v) is 5.90. The molecule has 1 amide bonds. The molecular formula is C25H33N3O2. The third kappa shape index (κ3) is 5.20. The molecule has 5 nitrogen and oxygen atoms in total. The number of amides is 1. The van der Waals surface area contributed by atoms with Crippen LogP contribution in [-0.4, -0.2) is 36.2 Å². The fourth-order valence-corrected chi connectivity index (χ4v) is 4.44. The summed E-state index contributed by atoms with van der Waals surface area (Å²) in [4.78, 5) is 19.3. The van der Waals surface area contributed by atoms with Crippen molar-refractivity contribution in [3.8, 4) is 11.1 Å². The first-order chi connectivity index (χ1) is 14.4. The van der Waals surface area contributed by atoms with Gasteiger partial charge in [0.1, 0.15) is 0 Å². The number of aromatic nitrogens is 1. The maximum atomic E-state index is 12.3. The fourth-order valence-electron chi connectivity index (χ4n) is 4.44. The molecule has 5 heteroatoms. The Balaban J connectivity index is 1.63. The van der Waals surface area contributed by atoms with E-state index in [1.807, 2.05) is 13.8 Å². The average Bonchev–Trinajstić information content (AvgIpc) is 3.48. The number of hydrogen-bond donors (Lipinski definition) is 1. The average molecular weight is 408 g/mol. The minimum Gasteiger partial charge on any atom is -0.372 e. The lowest BCUT2D eigenvalue weighted by Gasteiger charge is -2.38. The monoisotopic (exact) mass is 407 g/mol. The van der Waals surface area contributed by atoms with Crippen molar-refractivity contribution in [2.24, 2.45) is 5.92 Å². The van der Waals surface area contributed by atoms with E-state index in [9.17, 15) is 4.79 Å². The van der Waals surface area contributed by atoms with E-state index in [0.29, 0.717) is 18.9 Å². The van der Waals surface area contributed by atoms with Gasteiger partial charge in [-0.15, -0.1) is 0 Å². The lowest BCUT2D eigenvalue weighted by molar-refractivity contribution is -0.121. The summed E-state index contributed by atoms with van der Waals surface area (Å²) in [5.41, 5.74) is 6.71. The molecular weight excluding hydrogens is 374 g/mol. The summed E-state index contributed by atoms with van der Waals surface area (Å²) in [6.45, 7) is 10.6. The predicted octanol–water partition coefficient (Wildman–Crippen LogP) is 4.40. The van der Waals surface area contributed by atoms with Crippen molar-refractivity contribution >= 4 is 11.6 Å². The van der Waals surface area contributed by atoms with E-state index in [1.54, 1.807) is 0 Å². The van der Waals surface area contributed by atoms with Crippen molar-refractivity contribution in [1.82, 2.24) is 10.3 Å². The van der Waals surface area contributed by atoms with Gasteiger partial charge in [0.15, 0.2) is 0 Å². The molecule has 160 valence electrons. The highest BCUT2D eigenvalue weighted by Crippen LogP contribution is 2.33. The molecule has 4 rings (SSSR count). The SMILES string of the molecule is Cc1cc(-c2ccc(N3C[C@@H](C)O[C@@H](C)C3)c(CNC(=O)CC3CC3)c2)cc(C)n1. The summed E-state index contributed by atoms with van der Waals surface area (Å²) in [5, 5.41) is 3.16. The smallest absolute Gasteiger partial charge is 0.220 e. The molecule has 1 aliphatic heterocycles. The highest BCUT2D eigenvalue weighted by molar-refractivity contribution is 5.77. The van der Waals surface area contributed by atoms with E-state index in [0.717, 1.165) is 35.6 Å². The van der Waals surface area contributed by atoms with Crippen LogP contribution in [0.2, 0.25) is 0 Å². The van der Waals surface area contributed by atoms with Gasteiger partial charge in [0.2, 0.25) is 5.91 Å². The Morgan fingerprint density at radius 2 is 1.73 bits per heavy atom. The van der Waals surface area contributed by atoms with Gasteiger partial charge >= 0.3 is 0 Å². The van der Waals surface area contributed by atoms with Gasteiger partial charge in [-0.05, 0) is 87.4 Å². The second-order valence-electron chi connectivity index (χ2n) is 9.07. The molecule has 1 aliphatic carbocycles. The molecule has 1 saturated heterocycles. The summed E-state index contributed by atoms with van der Waals surface area (Å²) in [6.07, 6.45) is 3.42. The van der Waals surface area contributed by atoms with E-state index in [-0.39, 0.29) is 18.1 Å². The number of aryl methyl sites for hydroxylation is 2. The van der Waals surface area contributed by atoms with E-state index < -0.39 is 0 Å². The summed E-state index contributed by atoms with van der Waals surface area (Å²) in [6, 6.07) is 10.9. The molecule has 1 saturated carbocycles. The standard InChI is InChI=1S/C25H33N3O2/c1-16-9-22(10-17(2)27-16)21-7-8-24(28-14-18(3)30-19(4)15-28)23(12-21)13-26-25(29)11-20-5-6-20/h7-10,12,18-20H,5-6,11,13-15H2,1-4H3,(H,26,29)/t18-,19+. The lowest BCUT2D eigenvalue weighted by atomic mass is 10.00. The highest BCUT2D eigenvalue weighted by atomic mass is 16.5. The van der Waals surface area contributed by atoms with E-state index >= 15 is 0 Å². The highest BCUT2D eigenvalue weighted by Gasteiger charge is 2.26. The van der Waals surface area contributed by atoms with Crippen molar-refractivity contribution < 1.29 is 9.53 Å². The first kappa shape index (κ1) is 20.9. The van der Waals surface area contributed by atoms with E-state index in [1.165, 1.54) is 24.1 Å². The maximum absolute atomic E-state index is 12.3. The summed E-state index contributed by atoms with van der Waals surface area (Å²) in [5.74, 6) is 0.757. The van der Waals surface area contributed by atoms with Crippen LogP contribution in [0.15, 0.2) is 30.3 Å². The second-order valence-corrected chi connectivity index (χ2v) is 9.07. The zero-order valence-corrected chi connectivity index (χ0v) is 18.6. The Morgan fingerprint density at radius 3 is 2.37 bits per heavy atom. The molecule has 2 atom stereocenters. The van der Waals surface area contributed by atoms with Crippen molar-refractivity contribution in [2.75, 3.05) is 18.0 Å². The Morgan fingerprint density at radius 1 is 1.07 bits per heavy atom. The number of nitrogens with zero attached hydrogens (tertiary/aromatic N) is 2. The molecule has 2 aliphatic rings. The summed E-state index contributed by atoms with van der Waals surface area (Å²) < 4.78 is 5.93. The zero-order chi connectivity index (χ0) is 21.3. The molecule has 2 aromatic rings. The van der Waals surface area contributed by atoms with Crippen LogP contribution in [0.5, 0.6) is 0 Å². The Hall–Kier alpha value is -2.40. The molecule has 2 fully saturated rings. The molecule has 0 radical (unpaired) electrons. The molecule has 0 spiro atoms. The van der Waals surface area contributed by atoms with Crippen molar-refractivity contribution in [3.63, 3.8) is 0 Å². The van der Waals surface area contributed by atoms with Crippen LogP contribution in [0.1, 0.15) is 50.1 Å². The van der Waals surface area contributed by atoms with Crippen LogP contribution >= 0.6 is 0 Å². The number of carbonyl (C=O) groups is 1. The van der Waals surface area contributed by atoms with Gasteiger partial charge in [0.05, 0.1) is 12.2 Å². The summed E-state index contributed by atoms with van der Waals surface area (Å²) >= 11 is 0. The Labute approximate surface area is 179 Å². The van der Waals surface area contributed by atoms with Crippen LogP contribution in [0, 0.1) is 19.8 Å². The summed E-state index contributed by atoms with van der Waals surface area (Å²) in [7, 11) is 0. The zero-order valence-electron chi connectivity index (χ0n) is 18.6. The van der Waals surface area contributed by atoms with Crippen LogP contribution in [-0.2, 0) is 16.1 Å². The first-order valence-electron chi connectivity index (χ1n) is 11.1. The third-order valence-electron chi connectivity index (χ3n) is 5.90. The van der Waals surface area contributed by atoms with Crippen molar-refractivity contribution in [1.29, 1.82) is 0 Å². The number of hydrogen-bond acceptors (Lipinski definition) is 4. The first-order valence-corrected chi connectivity index (χ1v) is 11.1. The van der Waals surface area contributed by atoms with Crippen molar-refractivity contribution in [2.45, 2.75) is 65.7 Å². The normalized spacial score (nSPS) is 21.5. The van der Waals surface area contributed by atoms with Gasteiger partial charge in [0.25, 0.3) is 0 Å². The van der Waals surface area contributed by atoms with Gasteiger partial charge in [-0.25, -0.2) is 0 Å². The molecule has 1 aromatic heterocycles. The maximum Gasteiger partial charge on any atom is 0.220 e. The number of ether oxygens (including phenoxy) is 1. The molecule has 2 heterocycles. The number of pyridine rings is 1. The van der Waals surface area contributed by atoms with Gasteiger partial charge in [-0.1, -0.05) is 6.07 Å². The Kier molecular flexibility index (Phi) is 6.09. The predicted molar refractivity (Wildman–Crippen MR) is 121 cm³/mol. The van der Waals surface area contributed by atoms with Crippen LogP contribution in [0.3, 0.4) is 0 Å². The lowest BCUT2D eigenvalue weighted by Crippen LogP contribution is -2.46. The molecule has 1 aromatic carbocycles. The number of anilines is 1. The van der Waals surface area contributed by atoms with Crippen molar-refractivity contribution in [3.05, 3.63) is 47.3 Å². The number of rotatable bonds is 6. The Bertz CT molecular complexity index is 892. The van der Waals surface area contributed by atoms with E-state index in [4.69, 9.17) is 4.74 Å². The number of morpholine rings is 1. The molecule has 0 unspecified atom stereocenters. The fraction of sp³-hybridized carbons (Fsp3) is 0.520. The van der Waals surface area contributed by atoms with Crippen LogP contribution in [0.25, 0.3) is 11.1 Å². The van der Waals surface area contributed by atoms with Gasteiger partial charge < -0.3 is 15.0 Å². The molecule has 1 N–H and O–H groups in total. The minimum absolute atomic E-state index is 0.160. The van der Waals surface area contributed by atoms with Crippen LogP contribution < -0.4 is 10.2 Å². The molecule has 30 heavy (non-hydrogen) atoms. The van der Waals surface area contributed by atoms with Crippen LogP contribution in [0.4, 0.5) is 5.69 Å².